The van der Waals surface area contributed by atoms with Crippen molar-refractivity contribution in [3.8, 4) is 0 Å². The lowest BCUT2D eigenvalue weighted by Crippen LogP contribution is -2.25. The first kappa shape index (κ1) is 15.8. The van der Waals surface area contributed by atoms with Crippen molar-refractivity contribution in [2.24, 2.45) is 0 Å². The van der Waals surface area contributed by atoms with Gasteiger partial charge in [0.25, 0.3) is 0 Å². The Hall–Kier alpha value is -2.13. The number of benzene rings is 2. The summed E-state index contributed by atoms with van der Waals surface area (Å²) in [6.07, 6.45) is 2.33. The molecule has 0 bridgehead atoms. The van der Waals surface area contributed by atoms with Gasteiger partial charge in [-0.05, 0) is 38.4 Å². The van der Waals surface area contributed by atoms with Gasteiger partial charge in [-0.3, -0.25) is 4.79 Å². The van der Waals surface area contributed by atoms with Crippen LogP contribution in [0.4, 0.5) is 0 Å². The van der Waals surface area contributed by atoms with E-state index in [2.05, 4.69) is 36.0 Å². The van der Waals surface area contributed by atoms with E-state index < -0.39 is 0 Å². The third-order valence-corrected chi connectivity index (χ3v) is 4.53. The van der Waals surface area contributed by atoms with Gasteiger partial charge in [0.05, 0.1) is 5.52 Å². The summed E-state index contributed by atoms with van der Waals surface area (Å²) in [5.74, 6) is 0. The molecule has 0 aliphatic heterocycles. The zero-order valence-electron chi connectivity index (χ0n) is 14.1. The van der Waals surface area contributed by atoms with E-state index in [4.69, 9.17) is 0 Å². The lowest BCUT2D eigenvalue weighted by molar-refractivity contribution is 0.319. The van der Waals surface area contributed by atoms with Crippen LogP contribution in [0.1, 0.15) is 31.0 Å². The van der Waals surface area contributed by atoms with Crippen molar-refractivity contribution in [1.82, 2.24) is 9.88 Å². The molecule has 0 atom stereocenters. The average molecular weight is 308 g/mol. The maximum absolute atomic E-state index is 13.0. The Kier molecular flexibility index (Phi) is 4.49. The normalized spacial score (nSPS) is 11.7. The largest absolute Gasteiger partial charge is 0.358 e. The van der Waals surface area contributed by atoms with Gasteiger partial charge in [-0.2, -0.15) is 0 Å². The number of nitrogens with one attached hydrogen (secondary N) is 1. The molecular weight excluding hydrogens is 284 g/mol. The summed E-state index contributed by atoms with van der Waals surface area (Å²) in [6, 6.07) is 12.2. The van der Waals surface area contributed by atoms with Crippen LogP contribution in [0.25, 0.3) is 21.7 Å². The predicted molar refractivity (Wildman–Crippen MR) is 98.1 cm³/mol. The van der Waals surface area contributed by atoms with Crippen LogP contribution in [0.3, 0.4) is 0 Å². The van der Waals surface area contributed by atoms with Crippen LogP contribution < -0.4 is 5.43 Å². The van der Waals surface area contributed by atoms with E-state index in [1.54, 1.807) is 0 Å². The molecular formula is C20H24N2O. The van der Waals surface area contributed by atoms with Crippen LogP contribution >= 0.6 is 0 Å². The van der Waals surface area contributed by atoms with E-state index in [1.165, 1.54) is 6.42 Å². The van der Waals surface area contributed by atoms with Crippen molar-refractivity contribution in [2.45, 2.75) is 33.2 Å². The maximum atomic E-state index is 13.0. The number of aryl methyl sites for hydroxylation is 1. The average Bonchev–Trinajstić information content (AvgIpc) is 2.56. The van der Waals surface area contributed by atoms with Crippen LogP contribution in [0, 0.1) is 6.92 Å². The Balaban J connectivity index is 2.11. The van der Waals surface area contributed by atoms with E-state index in [0.29, 0.717) is 6.54 Å². The second kappa shape index (κ2) is 6.55. The fourth-order valence-corrected chi connectivity index (χ4v) is 3.16. The minimum absolute atomic E-state index is 0.158. The summed E-state index contributed by atoms with van der Waals surface area (Å²) >= 11 is 0. The molecule has 0 saturated heterocycles. The first-order valence-corrected chi connectivity index (χ1v) is 8.33. The first-order valence-electron chi connectivity index (χ1n) is 8.33. The Labute approximate surface area is 136 Å². The molecule has 0 aliphatic rings. The highest BCUT2D eigenvalue weighted by atomic mass is 16.1. The quantitative estimate of drug-likeness (QED) is 0.716. The Morgan fingerprint density at radius 3 is 2.65 bits per heavy atom. The Bertz CT molecular complexity index is 895. The SMILES string of the molecule is CCCCN(C)Cc1c(C)[nH]c2c(ccc3ccccc32)c1=O. The second-order valence-electron chi connectivity index (χ2n) is 6.36. The molecule has 1 aromatic heterocycles. The van der Waals surface area contributed by atoms with Gasteiger partial charge in [0, 0.05) is 28.6 Å². The molecule has 0 amide bonds. The molecule has 0 radical (unpaired) electrons. The highest BCUT2D eigenvalue weighted by molar-refractivity contribution is 6.05. The number of hydrogen-bond donors (Lipinski definition) is 1. The number of aromatic amines is 1. The molecule has 3 nitrogen and oxygen atoms in total. The van der Waals surface area contributed by atoms with Gasteiger partial charge in [0.2, 0.25) is 0 Å². The van der Waals surface area contributed by atoms with Gasteiger partial charge < -0.3 is 9.88 Å². The highest BCUT2D eigenvalue weighted by Gasteiger charge is 2.12. The zero-order valence-corrected chi connectivity index (χ0v) is 14.1. The Morgan fingerprint density at radius 2 is 1.87 bits per heavy atom. The summed E-state index contributed by atoms with van der Waals surface area (Å²) in [5, 5.41) is 3.05. The summed E-state index contributed by atoms with van der Waals surface area (Å²) in [6.45, 7) is 5.91. The number of fused-ring (bicyclic) bond motifs is 3. The van der Waals surface area contributed by atoms with E-state index in [-0.39, 0.29) is 5.43 Å². The first-order chi connectivity index (χ1) is 11.1. The van der Waals surface area contributed by atoms with E-state index >= 15 is 0 Å². The maximum Gasteiger partial charge on any atom is 0.194 e. The van der Waals surface area contributed by atoms with E-state index in [1.807, 2.05) is 31.2 Å². The summed E-state index contributed by atoms with van der Waals surface area (Å²) in [5.41, 5.74) is 2.96. The summed E-state index contributed by atoms with van der Waals surface area (Å²) in [7, 11) is 2.08. The molecule has 1 N–H and O–H groups in total. The number of rotatable bonds is 5. The molecule has 0 saturated carbocycles. The molecule has 3 aromatic rings. The van der Waals surface area contributed by atoms with Crippen LogP contribution in [0.2, 0.25) is 0 Å². The van der Waals surface area contributed by atoms with Crippen molar-refractivity contribution < 1.29 is 0 Å². The van der Waals surface area contributed by atoms with Crippen molar-refractivity contribution >= 4 is 21.7 Å². The molecule has 2 aromatic carbocycles. The monoisotopic (exact) mass is 308 g/mol. The molecule has 1 heterocycles. The van der Waals surface area contributed by atoms with Crippen LogP contribution in [-0.2, 0) is 6.54 Å². The van der Waals surface area contributed by atoms with Crippen LogP contribution in [0.15, 0.2) is 41.2 Å². The fraction of sp³-hybridized carbons (Fsp3) is 0.350. The van der Waals surface area contributed by atoms with Crippen molar-refractivity contribution in [2.75, 3.05) is 13.6 Å². The molecule has 3 heteroatoms. The molecule has 0 fully saturated rings. The van der Waals surface area contributed by atoms with Gasteiger partial charge >= 0.3 is 0 Å². The van der Waals surface area contributed by atoms with E-state index in [9.17, 15) is 4.79 Å². The highest BCUT2D eigenvalue weighted by Crippen LogP contribution is 2.23. The lowest BCUT2D eigenvalue weighted by atomic mass is 10.0. The number of unbranched alkanes of at least 4 members (excludes halogenated alkanes) is 1. The van der Waals surface area contributed by atoms with Crippen molar-refractivity contribution in [3.05, 3.63) is 57.9 Å². The number of hydrogen-bond acceptors (Lipinski definition) is 2. The molecule has 23 heavy (non-hydrogen) atoms. The summed E-state index contributed by atoms with van der Waals surface area (Å²) < 4.78 is 0. The predicted octanol–water partition coefficient (Wildman–Crippen LogP) is 4.22. The van der Waals surface area contributed by atoms with Crippen LogP contribution in [-0.4, -0.2) is 23.5 Å². The second-order valence-corrected chi connectivity index (χ2v) is 6.36. The lowest BCUT2D eigenvalue weighted by Gasteiger charge is -2.18. The van der Waals surface area contributed by atoms with Crippen molar-refractivity contribution in [3.63, 3.8) is 0 Å². The van der Waals surface area contributed by atoms with Gasteiger partial charge in [0.15, 0.2) is 5.43 Å². The number of nitrogens with zero attached hydrogens (tertiary/aromatic N) is 1. The van der Waals surface area contributed by atoms with Gasteiger partial charge in [-0.1, -0.05) is 43.7 Å². The fourth-order valence-electron chi connectivity index (χ4n) is 3.16. The Morgan fingerprint density at radius 1 is 1.09 bits per heavy atom. The minimum Gasteiger partial charge on any atom is -0.358 e. The number of pyridine rings is 1. The standard InChI is InChI=1S/C20H24N2O/c1-4-5-12-22(3)13-18-14(2)21-19-16-9-7-6-8-15(16)10-11-17(19)20(18)23/h6-11H,4-5,12-13H2,1-3H3,(H,21,23). The zero-order chi connectivity index (χ0) is 16.4. The van der Waals surface area contributed by atoms with Gasteiger partial charge in [0.1, 0.15) is 0 Å². The number of aromatic nitrogens is 1. The minimum atomic E-state index is 0.158. The molecule has 3 rings (SSSR count). The molecule has 0 aliphatic carbocycles. The topological polar surface area (TPSA) is 36.1 Å². The molecule has 0 spiro atoms. The van der Waals surface area contributed by atoms with Crippen molar-refractivity contribution in [1.29, 1.82) is 0 Å². The molecule has 120 valence electrons. The van der Waals surface area contributed by atoms with Gasteiger partial charge in [-0.25, -0.2) is 0 Å². The third kappa shape index (κ3) is 3.02. The third-order valence-electron chi connectivity index (χ3n) is 4.53. The van der Waals surface area contributed by atoms with Crippen LogP contribution in [0.5, 0.6) is 0 Å². The molecule has 0 unspecified atom stereocenters. The van der Waals surface area contributed by atoms with E-state index in [0.717, 1.165) is 45.9 Å². The van der Waals surface area contributed by atoms with Gasteiger partial charge in [-0.15, -0.1) is 0 Å². The number of H-pyrrole nitrogens is 1. The summed E-state index contributed by atoms with van der Waals surface area (Å²) in [4.78, 5) is 18.7. The smallest absolute Gasteiger partial charge is 0.194 e.